The summed E-state index contributed by atoms with van der Waals surface area (Å²) in [7, 11) is 0. The van der Waals surface area contributed by atoms with Crippen LogP contribution >= 0.6 is 0 Å². The third kappa shape index (κ3) is 1.51. The Hall–Kier alpha value is -1.70. The van der Waals surface area contributed by atoms with Gasteiger partial charge in [0, 0.05) is 23.1 Å². The molecule has 1 aliphatic rings. The molecule has 0 bridgehead atoms. The van der Waals surface area contributed by atoms with Crippen LogP contribution in [0.25, 0.3) is 10.9 Å². The smallest absolute Gasteiger partial charge is 0.167 e. The molecular formula is C14H13NO. The van der Waals surface area contributed by atoms with Crippen molar-refractivity contribution in [3.8, 4) is 0 Å². The molecule has 1 fully saturated rings. The minimum atomic E-state index is 0.239. The fourth-order valence-electron chi connectivity index (χ4n) is 2.11. The molecule has 1 heterocycles. The molecule has 0 N–H and O–H groups in total. The van der Waals surface area contributed by atoms with Crippen molar-refractivity contribution in [3.05, 3.63) is 42.1 Å². The Labute approximate surface area is 94.3 Å². The molecule has 2 nitrogen and oxygen atoms in total. The normalized spacial score (nSPS) is 23.3. The predicted octanol–water partition coefficient (Wildman–Crippen LogP) is 3.07. The molecule has 3 rings (SSSR count). The number of pyridine rings is 1. The van der Waals surface area contributed by atoms with E-state index in [1.165, 1.54) is 0 Å². The number of nitrogens with zero attached hydrogens (tertiary/aromatic N) is 1. The van der Waals surface area contributed by atoms with Crippen LogP contribution in [-0.2, 0) is 0 Å². The highest BCUT2D eigenvalue weighted by Crippen LogP contribution is 2.40. The summed E-state index contributed by atoms with van der Waals surface area (Å²) in [6.45, 7) is 2.12. The van der Waals surface area contributed by atoms with Gasteiger partial charge in [-0.1, -0.05) is 25.1 Å². The maximum atomic E-state index is 12.0. The molecule has 0 saturated heterocycles. The van der Waals surface area contributed by atoms with Crippen LogP contribution in [0.5, 0.6) is 0 Å². The van der Waals surface area contributed by atoms with Crippen LogP contribution in [0.15, 0.2) is 36.5 Å². The third-order valence-electron chi connectivity index (χ3n) is 3.32. The van der Waals surface area contributed by atoms with E-state index < -0.39 is 0 Å². The van der Waals surface area contributed by atoms with Gasteiger partial charge < -0.3 is 0 Å². The van der Waals surface area contributed by atoms with E-state index in [1.54, 1.807) is 6.20 Å². The van der Waals surface area contributed by atoms with Gasteiger partial charge in [0.25, 0.3) is 0 Å². The first-order chi connectivity index (χ1) is 7.75. The first-order valence-electron chi connectivity index (χ1n) is 5.65. The quantitative estimate of drug-likeness (QED) is 0.714. The molecule has 1 aromatic carbocycles. The zero-order valence-corrected chi connectivity index (χ0v) is 9.18. The van der Waals surface area contributed by atoms with E-state index in [4.69, 9.17) is 0 Å². The van der Waals surface area contributed by atoms with Crippen LogP contribution in [0.4, 0.5) is 0 Å². The number of ketones is 1. The van der Waals surface area contributed by atoms with Crippen molar-refractivity contribution in [3.63, 3.8) is 0 Å². The van der Waals surface area contributed by atoms with Gasteiger partial charge in [-0.3, -0.25) is 9.78 Å². The Kier molecular flexibility index (Phi) is 2.03. The summed E-state index contributed by atoms with van der Waals surface area (Å²) in [5, 5.41) is 1.04. The minimum absolute atomic E-state index is 0.239. The molecule has 2 atom stereocenters. The first-order valence-corrected chi connectivity index (χ1v) is 5.65. The number of aromatic nitrogens is 1. The second-order valence-corrected chi connectivity index (χ2v) is 4.60. The maximum absolute atomic E-state index is 12.0. The van der Waals surface area contributed by atoms with Gasteiger partial charge in [-0.25, -0.2) is 0 Å². The highest BCUT2D eigenvalue weighted by molar-refractivity contribution is 6.01. The fraction of sp³-hybridized carbons (Fsp3) is 0.286. The van der Waals surface area contributed by atoms with Crippen molar-refractivity contribution in [2.75, 3.05) is 0 Å². The van der Waals surface area contributed by atoms with Gasteiger partial charge in [0.2, 0.25) is 0 Å². The molecule has 0 aliphatic heterocycles. The summed E-state index contributed by atoms with van der Waals surface area (Å²) in [4.78, 5) is 16.3. The number of hydrogen-bond acceptors (Lipinski definition) is 2. The number of rotatable bonds is 2. The van der Waals surface area contributed by atoms with E-state index in [9.17, 15) is 4.79 Å². The summed E-state index contributed by atoms with van der Waals surface area (Å²) in [6.07, 6.45) is 2.74. The van der Waals surface area contributed by atoms with Crippen molar-refractivity contribution in [1.82, 2.24) is 4.98 Å². The molecule has 1 aliphatic carbocycles. The molecule has 0 radical (unpaired) electrons. The highest BCUT2D eigenvalue weighted by Gasteiger charge is 2.39. The van der Waals surface area contributed by atoms with Gasteiger partial charge in [-0.15, -0.1) is 0 Å². The zero-order chi connectivity index (χ0) is 11.1. The molecule has 2 unspecified atom stereocenters. The van der Waals surface area contributed by atoms with Crippen molar-refractivity contribution in [1.29, 1.82) is 0 Å². The zero-order valence-electron chi connectivity index (χ0n) is 9.18. The van der Waals surface area contributed by atoms with Crippen molar-refractivity contribution in [2.24, 2.45) is 11.8 Å². The SMILES string of the molecule is CC1CC1C(=O)c1cnc2ccccc2c1. The minimum Gasteiger partial charge on any atom is -0.294 e. The van der Waals surface area contributed by atoms with Gasteiger partial charge in [0.05, 0.1) is 5.52 Å². The standard InChI is InChI=1S/C14H13NO/c1-9-6-12(9)14(16)11-7-10-4-2-3-5-13(10)15-8-11/h2-5,7-9,12H,6H2,1H3. The van der Waals surface area contributed by atoms with E-state index in [1.807, 2.05) is 30.3 Å². The second kappa shape index (κ2) is 3.41. The number of fused-ring (bicyclic) bond motifs is 1. The van der Waals surface area contributed by atoms with Crippen LogP contribution in [0, 0.1) is 11.8 Å². The predicted molar refractivity (Wildman–Crippen MR) is 63.3 cm³/mol. The molecule has 1 aromatic heterocycles. The number of benzene rings is 1. The topological polar surface area (TPSA) is 30.0 Å². The molecule has 0 amide bonds. The highest BCUT2D eigenvalue weighted by atomic mass is 16.1. The van der Waals surface area contributed by atoms with Gasteiger partial charge in [-0.2, -0.15) is 0 Å². The summed E-state index contributed by atoms with van der Waals surface area (Å²) in [5.41, 5.74) is 1.70. The average molecular weight is 211 g/mol. The first kappa shape index (κ1) is 9.52. The Morgan fingerprint density at radius 3 is 2.88 bits per heavy atom. The molecule has 1 saturated carbocycles. The summed E-state index contributed by atoms with van der Waals surface area (Å²) in [6, 6.07) is 9.84. The lowest BCUT2D eigenvalue weighted by atomic mass is 10.1. The largest absolute Gasteiger partial charge is 0.294 e. The Morgan fingerprint density at radius 2 is 2.12 bits per heavy atom. The molecule has 16 heavy (non-hydrogen) atoms. The van der Waals surface area contributed by atoms with E-state index in [-0.39, 0.29) is 11.7 Å². The third-order valence-corrected chi connectivity index (χ3v) is 3.32. The lowest BCUT2D eigenvalue weighted by Gasteiger charge is -2.01. The van der Waals surface area contributed by atoms with Crippen LogP contribution in [-0.4, -0.2) is 10.8 Å². The Morgan fingerprint density at radius 1 is 1.38 bits per heavy atom. The lowest BCUT2D eigenvalue weighted by Crippen LogP contribution is -2.03. The fourth-order valence-corrected chi connectivity index (χ4v) is 2.11. The number of carbonyl (C=O) groups excluding carboxylic acids is 1. The number of hydrogen-bond donors (Lipinski definition) is 0. The van der Waals surface area contributed by atoms with Crippen molar-refractivity contribution >= 4 is 16.7 Å². The summed E-state index contributed by atoms with van der Waals surface area (Å²) < 4.78 is 0. The Bertz CT molecular complexity index is 561. The van der Waals surface area contributed by atoms with Crippen LogP contribution in [0.2, 0.25) is 0 Å². The van der Waals surface area contributed by atoms with Gasteiger partial charge in [-0.05, 0) is 24.5 Å². The lowest BCUT2D eigenvalue weighted by molar-refractivity contribution is 0.0962. The van der Waals surface area contributed by atoms with Gasteiger partial charge in [0.15, 0.2) is 5.78 Å². The Balaban J connectivity index is 2.02. The summed E-state index contributed by atoms with van der Waals surface area (Å²) in [5.74, 6) is 1.05. The van der Waals surface area contributed by atoms with Gasteiger partial charge >= 0.3 is 0 Å². The second-order valence-electron chi connectivity index (χ2n) is 4.60. The monoisotopic (exact) mass is 211 g/mol. The number of Topliss-reactive ketones (excluding diaryl/α,β-unsaturated/α-hetero) is 1. The average Bonchev–Trinajstić information content (AvgIpc) is 3.05. The van der Waals surface area contributed by atoms with E-state index in [0.29, 0.717) is 5.92 Å². The van der Waals surface area contributed by atoms with Crippen LogP contribution < -0.4 is 0 Å². The summed E-state index contributed by atoms with van der Waals surface area (Å²) >= 11 is 0. The van der Waals surface area contributed by atoms with Gasteiger partial charge in [0.1, 0.15) is 0 Å². The number of carbonyl (C=O) groups is 1. The van der Waals surface area contributed by atoms with Crippen LogP contribution in [0.1, 0.15) is 23.7 Å². The molecule has 2 aromatic rings. The molecular weight excluding hydrogens is 198 g/mol. The number of para-hydroxylation sites is 1. The maximum Gasteiger partial charge on any atom is 0.167 e. The van der Waals surface area contributed by atoms with Crippen molar-refractivity contribution in [2.45, 2.75) is 13.3 Å². The van der Waals surface area contributed by atoms with Crippen molar-refractivity contribution < 1.29 is 4.79 Å². The molecule has 80 valence electrons. The molecule has 0 spiro atoms. The molecule has 2 heteroatoms. The van der Waals surface area contributed by atoms with E-state index in [2.05, 4.69) is 11.9 Å². The van der Waals surface area contributed by atoms with E-state index in [0.717, 1.165) is 22.9 Å². The van der Waals surface area contributed by atoms with Crippen LogP contribution in [0.3, 0.4) is 0 Å². The van der Waals surface area contributed by atoms with E-state index >= 15 is 0 Å².